The SMILES string of the molecule is COc1ccccc1OCC(=O)Nc1nc(-c2ccc(C)c(C)c2)cs1. The molecule has 26 heavy (non-hydrogen) atoms. The molecule has 0 unspecified atom stereocenters. The summed E-state index contributed by atoms with van der Waals surface area (Å²) in [7, 11) is 1.56. The summed E-state index contributed by atoms with van der Waals surface area (Å²) in [6.07, 6.45) is 0. The van der Waals surface area contributed by atoms with Crippen molar-refractivity contribution >= 4 is 22.4 Å². The third-order valence-electron chi connectivity index (χ3n) is 3.98. The van der Waals surface area contributed by atoms with Crippen LogP contribution in [0.25, 0.3) is 11.3 Å². The molecule has 0 saturated heterocycles. The number of carbonyl (C=O) groups is 1. The third-order valence-corrected chi connectivity index (χ3v) is 4.74. The van der Waals surface area contributed by atoms with Gasteiger partial charge in [-0.3, -0.25) is 10.1 Å². The van der Waals surface area contributed by atoms with E-state index in [1.807, 2.05) is 23.6 Å². The van der Waals surface area contributed by atoms with Gasteiger partial charge in [-0.15, -0.1) is 11.3 Å². The second-order valence-electron chi connectivity index (χ2n) is 5.82. The maximum atomic E-state index is 12.1. The summed E-state index contributed by atoms with van der Waals surface area (Å²) in [5, 5.41) is 5.25. The molecular weight excluding hydrogens is 348 g/mol. The molecule has 1 amide bonds. The first kappa shape index (κ1) is 17.9. The van der Waals surface area contributed by atoms with Crippen LogP contribution in [0.3, 0.4) is 0 Å². The number of thiazole rings is 1. The molecule has 0 aliphatic heterocycles. The number of carbonyl (C=O) groups excluding carboxylic acids is 1. The highest BCUT2D eigenvalue weighted by Gasteiger charge is 2.11. The molecule has 0 bridgehead atoms. The highest BCUT2D eigenvalue weighted by molar-refractivity contribution is 7.14. The van der Waals surface area contributed by atoms with Gasteiger partial charge >= 0.3 is 0 Å². The van der Waals surface area contributed by atoms with Crippen molar-refractivity contribution in [1.29, 1.82) is 0 Å². The van der Waals surface area contributed by atoms with Crippen molar-refractivity contribution in [2.75, 3.05) is 19.0 Å². The Bertz CT molecular complexity index is 921. The van der Waals surface area contributed by atoms with Gasteiger partial charge in [-0.1, -0.05) is 24.3 Å². The number of rotatable bonds is 6. The van der Waals surface area contributed by atoms with E-state index in [0.717, 1.165) is 11.3 Å². The van der Waals surface area contributed by atoms with E-state index in [-0.39, 0.29) is 12.5 Å². The third kappa shape index (κ3) is 4.21. The Morgan fingerprint density at radius 2 is 1.88 bits per heavy atom. The van der Waals surface area contributed by atoms with Crippen LogP contribution < -0.4 is 14.8 Å². The molecule has 0 saturated carbocycles. The zero-order valence-corrected chi connectivity index (χ0v) is 15.7. The summed E-state index contributed by atoms with van der Waals surface area (Å²) in [6.45, 7) is 4.04. The molecule has 3 aromatic rings. The van der Waals surface area contributed by atoms with Crippen molar-refractivity contribution < 1.29 is 14.3 Å². The molecule has 0 radical (unpaired) electrons. The molecule has 1 N–H and O–H groups in total. The number of hydrogen-bond acceptors (Lipinski definition) is 5. The smallest absolute Gasteiger partial charge is 0.264 e. The number of nitrogens with zero attached hydrogens (tertiary/aromatic N) is 1. The number of aryl methyl sites for hydroxylation is 2. The van der Waals surface area contributed by atoms with Gasteiger partial charge in [-0.05, 0) is 43.2 Å². The van der Waals surface area contributed by atoms with Gasteiger partial charge in [0.05, 0.1) is 12.8 Å². The van der Waals surface area contributed by atoms with Crippen molar-refractivity contribution in [1.82, 2.24) is 4.98 Å². The van der Waals surface area contributed by atoms with Crippen LogP contribution in [0.15, 0.2) is 47.8 Å². The van der Waals surface area contributed by atoms with Crippen molar-refractivity contribution in [3.05, 3.63) is 59.0 Å². The maximum Gasteiger partial charge on any atom is 0.264 e. The molecule has 0 fully saturated rings. The molecule has 3 rings (SSSR count). The molecule has 6 heteroatoms. The van der Waals surface area contributed by atoms with Crippen LogP contribution in [-0.4, -0.2) is 24.6 Å². The standard InChI is InChI=1S/C20H20N2O3S/c1-13-8-9-15(10-14(13)2)16-12-26-20(21-16)22-19(23)11-25-18-7-5-4-6-17(18)24-3/h4-10,12H,11H2,1-3H3,(H,21,22,23). The normalized spacial score (nSPS) is 10.4. The number of benzene rings is 2. The van der Waals surface area contributed by atoms with E-state index < -0.39 is 0 Å². The Kier molecular flexibility index (Phi) is 5.53. The van der Waals surface area contributed by atoms with E-state index in [1.54, 1.807) is 19.2 Å². The van der Waals surface area contributed by atoms with Crippen LogP contribution in [0.4, 0.5) is 5.13 Å². The molecule has 0 aliphatic rings. The van der Waals surface area contributed by atoms with Crippen LogP contribution in [0.5, 0.6) is 11.5 Å². The molecule has 1 heterocycles. The summed E-state index contributed by atoms with van der Waals surface area (Å²) in [4.78, 5) is 16.6. The number of hydrogen-bond donors (Lipinski definition) is 1. The number of nitrogens with one attached hydrogen (secondary N) is 1. The summed E-state index contributed by atoms with van der Waals surface area (Å²) in [6, 6.07) is 13.4. The molecule has 2 aromatic carbocycles. The van der Waals surface area contributed by atoms with Gasteiger partial charge in [0.15, 0.2) is 23.2 Å². The number of para-hydroxylation sites is 2. The van der Waals surface area contributed by atoms with E-state index in [9.17, 15) is 4.79 Å². The highest BCUT2D eigenvalue weighted by Crippen LogP contribution is 2.27. The Labute approximate surface area is 156 Å². The topological polar surface area (TPSA) is 60.5 Å². The molecule has 5 nitrogen and oxygen atoms in total. The quantitative estimate of drug-likeness (QED) is 0.698. The fraction of sp³-hybridized carbons (Fsp3) is 0.200. The van der Waals surface area contributed by atoms with Crippen LogP contribution in [-0.2, 0) is 4.79 Å². The first-order valence-electron chi connectivity index (χ1n) is 8.15. The number of aromatic nitrogens is 1. The Morgan fingerprint density at radius 3 is 2.62 bits per heavy atom. The number of amides is 1. The van der Waals surface area contributed by atoms with Gasteiger partial charge in [-0.2, -0.15) is 0 Å². The fourth-order valence-electron chi connectivity index (χ4n) is 2.40. The minimum absolute atomic E-state index is 0.112. The van der Waals surface area contributed by atoms with Crippen molar-refractivity contribution in [2.45, 2.75) is 13.8 Å². The van der Waals surface area contributed by atoms with Crippen LogP contribution >= 0.6 is 11.3 Å². The van der Waals surface area contributed by atoms with E-state index in [0.29, 0.717) is 16.6 Å². The Morgan fingerprint density at radius 1 is 1.12 bits per heavy atom. The van der Waals surface area contributed by atoms with Crippen LogP contribution in [0.2, 0.25) is 0 Å². The van der Waals surface area contributed by atoms with Crippen LogP contribution in [0, 0.1) is 13.8 Å². The molecular formula is C20H20N2O3S. The average Bonchev–Trinajstić information content (AvgIpc) is 3.11. The molecule has 0 spiro atoms. The van der Waals surface area contributed by atoms with E-state index in [1.165, 1.54) is 22.5 Å². The average molecular weight is 368 g/mol. The van der Waals surface area contributed by atoms with E-state index >= 15 is 0 Å². The molecule has 1 aromatic heterocycles. The maximum absolute atomic E-state index is 12.1. The fourth-order valence-corrected chi connectivity index (χ4v) is 3.14. The first-order valence-corrected chi connectivity index (χ1v) is 9.03. The van der Waals surface area contributed by atoms with Crippen LogP contribution in [0.1, 0.15) is 11.1 Å². The summed E-state index contributed by atoms with van der Waals surface area (Å²) < 4.78 is 10.7. The summed E-state index contributed by atoms with van der Waals surface area (Å²) >= 11 is 1.39. The second-order valence-corrected chi connectivity index (χ2v) is 6.68. The molecule has 0 atom stereocenters. The van der Waals surface area contributed by atoms with Crippen molar-refractivity contribution in [3.63, 3.8) is 0 Å². The van der Waals surface area contributed by atoms with Gasteiger partial charge < -0.3 is 9.47 Å². The first-order chi connectivity index (χ1) is 12.6. The lowest BCUT2D eigenvalue weighted by Crippen LogP contribution is -2.20. The van der Waals surface area contributed by atoms with E-state index in [4.69, 9.17) is 9.47 Å². The largest absolute Gasteiger partial charge is 0.493 e. The number of anilines is 1. The van der Waals surface area contributed by atoms with Gasteiger partial charge in [-0.25, -0.2) is 4.98 Å². The minimum atomic E-state index is -0.267. The second kappa shape index (κ2) is 8.01. The predicted molar refractivity (Wildman–Crippen MR) is 104 cm³/mol. The zero-order valence-electron chi connectivity index (χ0n) is 14.9. The molecule has 134 valence electrons. The lowest BCUT2D eigenvalue weighted by atomic mass is 10.1. The highest BCUT2D eigenvalue weighted by atomic mass is 32.1. The van der Waals surface area contributed by atoms with Gasteiger partial charge in [0, 0.05) is 10.9 Å². The summed E-state index contributed by atoms with van der Waals surface area (Å²) in [5.41, 5.74) is 4.34. The monoisotopic (exact) mass is 368 g/mol. The van der Waals surface area contributed by atoms with Gasteiger partial charge in [0.2, 0.25) is 0 Å². The Hall–Kier alpha value is -2.86. The number of methoxy groups -OCH3 is 1. The number of ether oxygens (including phenoxy) is 2. The van der Waals surface area contributed by atoms with Gasteiger partial charge in [0.25, 0.3) is 5.91 Å². The Balaban J connectivity index is 1.61. The van der Waals surface area contributed by atoms with E-state index in [2.05, 4.69) is 36.3 Å². The minimum Gasteiger partial charge on any atom is -0.493 e. The molecule has 0 aliphatic carbocycles. The van der Waals surface area contributed by atoms with Gasteiger partial charge in [0.1, 0.15) is 0 Å². The summed E-state index contributed by atoms with van der Waals surface area (Å²) in [5.74, 6) is 0.851. The zero-order chi connectivity index (χ0) is 18.5. The predicted octanol–water partition coefficient (Wildman–Crippen LogP) is 4.45. The lowest BCUT2D eigenvalue weighted by molar-refractivity contribution is -0.118. The van der Waals surface area contributed by atoms with Crippen molar-refractivity contribution in [3.8, 4) is 22.8 Å². The lowest BCUT2D eigenvalue weighted by Gasteiger charge is -2.09. The van der Waals surface area contributed by atoms with Crippen molar-refractivity contribution in [2.24, 2.45) is 0 Å².